The third kappa shape index (κ3) is 3.56. The lowest BCUT2D eigenvalue weighted by molar-refractivity contribution is -0.136. The van der Waals surface area contributed by atoms with Crippen LogP contribution in [0.4, 0.5) is 13.2 Å². The number of fused-ring (bicyclic) bond motifs is 1. The number of halogens is 3. The first-order valence-corrected chi connectivity index (χ1v) is 8.39. The lowest BCUT2D eigenvalue weighted by atomic mass is 9.98. The highest BCUT2D eigenvalue weighted by Gasteiger charge is 2.33. The molecule has 132 valence electrons. The number of hydrogen-bond acceptors (Lipinski definition) is 1. The molecule has 0 aliphatic carbocycles. The Morgan fingerprint density at radius 2 is 1.80 bits per heavy atom. The maximum Gasteiger partial charge on any atom is 0.418 e. The van der Waals surface area contributed by atoms with Crippen LogP contribution in [-0.2, 0) is 12.6 Å². The molecule has 1 aromatic heterocycles. The minimum Gasteiger partial charge on any atom is -0.354 e. The monoisotopic (exact) mass is 346 g/mol. The number of aryl methyl sites for hydroxylation is 2. The van der Waals surface area contributed by atoms with E-state index in [2.05, 4.69) is 4.98 Å². The van der Waals surface area contributed by atoms with E-state index < -0.39 is 11.7 Å². The van der Waals surface area contributed by atoms with Gasteiger partial charge >= 0.3 is 6.18 Å². The summed E-state index contributed by atoms with van der Waals surface area (Å²) in [7, 11) is 0. The van der Waals surface area contributed by atoms with Crippen molar-refractivity contribution in [2.24, 2.45) is 5.73 Å². The van der Waals surface area contributed by atoms with Gasteiger partial charge in [-0.25, -0.2) is 0 Å². The number of nitrogens with two attached hydrogens (primary N) is 1. The van der Waals surface area contributed by atoms with Crippen molar-refractivity contribution in [3.8, 4) is 11.3 Å². The molecule has 0 aliphatic heterocycles. The molecule has 1 heterocycles. The normalized spacial score (nSPS) is 12.0. The number of benzene rings is 2. The summed E-state index contributed by atoms with van der Waals surface area (Å²) >= 11 is 0. The molecular weight excluding hydrogens is 325 g/mol. The Kier molecular flexibility index (Phi) is 4.86. The first-order valence-electron chi connectivity index (χ1n) is 8.39. The van der Waals surface area contributed by atoms with Gasteiger partial charge in [-0.2, -0.15) is 13.2 Å². The number of hydrogen-bond donors (Lipinski definition) is 2. The van der Waals surface area contributed by atoms with Crippen molar-refractivity contribution < 1.29 is 13.2 Å². The zero-order valence-electron chi connectivity index (χ0n) is 14.1. The fraction of sp³-hybridized carbons (Fsp3) is 0.300. The summed E-state index contributed by atoms with van der Waals surface area (Å²) in [5.74, 6) is 0. The van der Waals surface area contributed by atoms with Crippen LogP contribution in [0, 0.1) is 6.92 Å². The second-order valence-electron chi connectivity index (χ2n) is 6.32. The van der Waals surface area contributed by atoms with Crippen LogP contribution >= 0.6 is 0 Å². The molecule has 0 saturated carbocycles. The molecule has 3 aromatic rings. The van der Waals surface area contributed by atoms with Gasteiger partial charge in [-0.15, -0.1) is 0 Å². The second-order valence-corrected chi connectivity index (χ2v) is 6.32. The van der Waals surface area contributed by atoms with Crippen molar-refractivity contribution in [3.63, 3.8) is 0 Å². The van der Waals surface area contributed by atoms with Crippen LogP contribution < -0.4 is 5.73 Å². The van der Waals surface area contributed by atoms with Gasteiger partial charge < -0.3 is 10.7 Å². The van der Waals surface area contributed by atoms with Crippen molar-refractivity contribution in [3.05, 3.63) is 59.2 Å². The number of unbranched alkanes of at least 4 members (excludes halogenated alkanes) is 1. The van der Waals surface area contributed by atoms with E-state index in [-0.39, 0.29) is 5.52 Å². The van der Waals surface area contributed by atoms with Gasteiger partial charge in [0.15, 0.2) is 0 Å². The zero-order chi connectivity index (χ0) is 18.0. The van der Waals surface area contributed by atoms with E-state index >= 15 is 0 Å². The van der Waals surface area contributed by atoms with Crippen molar-refractivity contribution in [2.75, 3.05) is 6.54 Å². The van der Waals surface area contributed by atoms with Gasteiger partial charge in [0, 0.05) is 11.1 Å². The van der Waals surface area contributed by atoms with Crippen LogP contribution in [0.1, 0.15) is 29.5 Å². The Balaban J connectivity index is 2.22. The summed E-state index contributed by atoms with van der Waals surface area (Å²) in [5.41, 5.74) is 8.79. The zero-order valence-corrected chi connectivity index (χ0v) is 14.1. The first-order chi connectivity index (χ1) is 11.9. The molecule has 0 aliphatic rings. The Labute approximate surface area is 144 Å². The summed E-state index contributed by atoms with van der Waals surface area (Å²) in [6.07, 6.45) is -2.00. The number of H-pyrrole nitrogens is 1. The molecule has 0 bridgehead atoms. The summed E-state index contributed by atoms with van der Waals surface area (Å²) < 4.78 is 40.2. The fourth-order valence-corrected chi connectivity index (χ4v) is 3.26. The minimum atomic E-state index is -4.39. The number of rotatable bonds is 5. The molecule has 2 nitrogen and oxygen atoms in total. The molecule has 0 unspecified atom stereocenters. The highest BCUT2D eigenvalue weighted by atomic mass is 19.4. The number of alkyl halides is 3. The highest BCUT2D eigenvalue weighted by molar-refractivity contribution is 5.93. The summed E-state index contributed by atoms with van der Waals surface area (Å²) in [4.78, 5) is 3.06. The maximum atomic E-state index is 13.4. The quantitative estimate of drug-likeness (QED) is 0.593. The number of nitrogens with one attached hydrogen (secondary N) is 1. The number of para-hydroxylation sites is 1. The first kappa shape index (κ1) is 17.5. The maximum absolute atomic E-state index is 13.4. The molecule has 2 aromatic carbocycles. The van der Waals surface area contributed by atoms with Gasteiger partial charge in [0.2, 0.25) is 0 Å². The lowest BCUT2D eigenvalue weighted by Gasteiger charge is -2.07. The molecule has 5 heteroatoms. The minimum absolute atomic E-state index is 0.161. The van der Waals surface area contributed by atoms with Gasteiger partial charge in [-0.1, -0.05) is 35.9 Å². The Hall–Kier alpha value is -2.27. The largest absolute Gasteiger partial charge is 0.418 e. The third-order valence-corrected chi connectivity index (χ3v) is 4.43. The number of aromatic nitrogens is 1. The summed E-state index contributed by atoms with van der Waals surface area (Å²) in [6, 6.07) is 12.2. The van der Waals surface area contributed by atoms with E-state index in [9.17, 15) is 13.2 Å². The Morgan fingerprint density at radius 3 is 2.48 bits per heavy atom. The van der Waals surface area contributed by atoms with Crippen LogP contribution in [0.2, 0.25) is 0 Å². The molecule has 3 rings (SSSR count). The predicted molar refractivity (Wildman–Crippen MR) is 95.5 cm³/mol. The third-order valence-electron chi connectivity index (χ3n) is 4.43. The molecule has 25 heavy (non-hydrogen) atoms. The molecule has 3 N–H and O–H groups in total. The predicted octanol–water partition coefficient (Wildman–Crippen LogP) is 5.44. The standard InChI is InChI=1S/C20H21F3N2/c1-13-6-4-7-14(12-13)18-15(8-2-3-11-24)16-9-5-10-17(19(16)25-18)20(21,22)23/h4-7,9-10,12,25H,2-3,8,11,24H2,1H3. The van der Waals surface area contributed by atoms with E-state index in [1.54, 1.807) is 6.07 Å². The van der Waals surface area contributed by atoms with Gasteiger partial charge in [-0.05, 0) is 56.0 Å². The summed E-state index contributed by atoms with van der Waals surface area (Å²) in [6.45, 7) is 2.55. The molecular formula is C20H21F3N2. The average Bonchev–Trinajstić information content (AvgIpc) is 2.93. The molecule has 0 saturated heterocycles. The van der Waals surface area contributed by atoms with Crippen LogP contribution in [0.5, 0.6) is 0 Å². The van der Waals surface area contributed by atoms with E-state index in [1.165, 1.54) is 6.07 Å². The molecule has 0 radical (unpaired) electrons. The molecule has 0 spiro atoms. The Bertz CT molecular complexity index is 878. The fourth-order valence-electron chi connectivity index (χ4n) is 3.26. The van der Waals surface area contributed by atoms with Gasteiger partial charge in [0.25, 0.3) is 0 Å². The molecule has 0 amide bonds. The van der Waals surface area contributed by atoms with Crippen molar-refractivity contribution >= 4 is 10.9 Å². The molecule has 0 fully saturated rings. The van der Waals surface area contributed by atoms with Crippen molar-refractivity contribution in [1.29, 1.82) is 0 Å². The van der Waals surface area contributed by atoms with Crippen molar-refractivity contribution in [2.45, 2.75) is 32.4 Å². The van der Waals surface area contributed by atoms with E-state index in [0.717, 1.165) is 41.3 Å². The van der Waals surface area contributed by atoms with E-state index in [1.807, 2.05) is 31.2 Å². The van der Waals surface area contributed by atoms with Crippen LogP contribution in [0.25, 0.3) is 22.2 Å². The van der Waals surface area contributed by atoms with Crippen molar-refractivity contribution in [1.82, 2.24) is 4.98 Å². The van der Waals surface area contributed by atoms with Crippen LogP contribution in [0.15, 0.2) is 42.5 Å². The summed E-state index contributed by atoms with van der Waals surface area (Å²) in [5, 5.41) is 0.642. The number of aromatic amines is 1. The van der Waals surface area contributed by atoms with Gasteiger partial charge in [0.05, 0.1) is 11.1 Å². The lowest BCUT2D eigenvalue weighted by Crippen LogP contribution is -2.05. The van der Waals surface area contributed by atoms with E-state index in [4.69, 9.17) is 5.73 Å². The smallest absolute Gasteiger partial charge is 0.354 e. The highest BCUT2D eigenvalue weighted by Crippen LogP contribution is 2.39. The topological polar surface area (TPSA) is 41.8 Å². The van der Waals surface area contributed by atoms with Crippen LogP contribution in [0.3, 0.4) is 0 Å². The average molecular weight is 346 g/mol. The van der Waals surface area contributed by atoms with E-state index in [0.29, 0.717) is 18.4 Å². The van der Waals surface area contributed by atoms with Crippen LogP contribution in [-0.4, -0.2) is 11.5 Å². The Morgan fingerprint density at radius 1 is 1.04 bits per heavy atom. The second kappa shape index (κ2) is 6.92. The SMILES string of the molecule is Cc1cccc(-c2[nH]c3c(C(F)(F)F)cccc3c2CCCCN)c1. The molecule has 0 atom stereocenters. The van der Waals surface area contributed by atoms with Gasteiger partial charge in [0.1, 0.15) is 0 Å². The van der Waals surface area contributed by atoms with Gasteiger partial charge in [-0.3, -0.25) is 0 Å².